The number of benzene rings is 1. The molecule has 3 aliphatic rings. The number of allylic oxidation sites excluding steroid dienone is 1. The van der Waals surface area contributed by atoms with Gasteiger partial charge < -0.3 is 9.47 Å². The van der Waals surface area contributed by atoms with E-state index in [-0.39, 0.29) is 41.7 Å². The number of fused-ring (bicyclic) bond motifs is 5. The van der Waals surface area contributed by atoms with Crippen molar-refractivity contribution in [3.63, 3.8) is 0 Å². The SMILES string of the molecule is CCOC(=O)C1=C(c2ccccc2)[C@@H]2[C@H]3C=C[C@H]([C@H]3OC(C)=O)[C@H]12. The summed E-state index contributed by atoms with van der Waals surface area (Å²) in [5.74, 6) is 0.0527. The van der Waals surface area contributed by atoms with Crippen LogP contribution < -0.4 is 0 Å². The Morgan fingerprint density at radius 3 is 2.33 bits per heavy atom. The van der Waals surface area contributed by atoms with Gasteiger partial charge in [0.05, 0.1) is 6.61 Å². The zero-order valence-electron chi connectivity index (χ0n) is 13.8. The van der Waals surface area contributed by atoms with Crippen LogP contribution in [0.4, 0.5) is 0 Å². The van der Waals surface area contributed by atoms with Gasteiger partial charge in [0.25, 0.3) is 0 Å². The van der Waals surface area contributed by atoms with Crippen LogP contribution in [0.2, 0.25) is 0 Å². The summed E-state index contributed by atoms with van der Waals surface area (Å²) in [6, 6.07) is 9.98. The smallest absolute Gasteiger partial charge is 0.334 e. The molecule has 4 nitrogen and oxygen atoms in total. The van der Waals surface area contributed by atoms with E-state index in [0.717, 1.165) is 16.7 Å². The highest BCUT2D eigenvalue weighted by Gasteiger charge is 2.63. The Labute approximate surface area is 141 Å². The molecule has 2 bridgehead atoms. The quantitative estimate of drug-likeness (QED) is 0.631. The first-order valence-corrected chi connectivity index (χ1v) is 8.45. The molecule has 0 saturated heterocycles. The van der Waals surface area contributed by atoms with Crippen molar-refractivity contribution in [1.29, 1.82) is 0 Å². The van der Waals surface area contributed by atoms with E-state index in [1.807, 2.05) is 37.3 Å². The fourth-order valence-electron chi connectivity index (χ4n) is 4.64. The number of ether oxygens (including phenoxy) is 2. The van der Waals surface area contributed by atoms with Crippen molar-refractivity contribution in [2.45, 2.75) is 20.0 Å². The van der Waals surface area contributed by atoms with Gasteiger partial charge in [0.1, 0.15) is 6.10 Å². The van der Waals surface area contributed by atoms with E-state index in [2.05, 4.69) is 12.2 Å². The van der Waals surface area contributed by atoms with Gasteiger partial charge in [-0.25, -0.2) is 4.79 Å². The lowest BCUT2D eigenvalue weighted by atomic mass is 9.61. The average Bonchev–Trinajstić information content (AvgIpc) is 3.00. The number of carbonyl (C=O) groups is 2. The van der Waals surface area contributed by atoms with Crippen molar-refractivity contribution >= 4 is 17.5 Å². The van der Waals surface area contributed by atoms with E-state index in [0.29, 0.717) is 6.61 Å². The molecule has 0 radical (unpaired) electrons. The van der Waals surface area contributed by atoms with E-state index in [1.165, 1.54) is 6.92 Å². The predicted octanol–water partition coefficient (Wildman–Crippen LogP) is 3.00. The highest BCUT2D eigenvalue weighted by Crippen LogP contribution is 2.64. The summed E-state index contributed by atoms with van der Waals surface area (Å²) in [6.45, 7) is 3.62. The number of esters is 2. The van der Waals surface area contributed by atoms with Gasteiger partial charge in [-0.05, 0) is 18.1 Å². The van der Waals surface area contributed by atoms with Crippen LogP contribution in [0.3, 0.4) is 0 Å². The highest BCUT2D eigenvalue weighted by molar-refractivity contribution is 6.03. The van der Waals surface area contributed by atoms with Gasteiger partial charge in [-0.1, -0.05) is 42.5 Å². The van der Waals surface area contributed by atoms with Gasteiger partial charge >= 0.3 is 11.9 Å². The lowest BCUT2D eigenvalue weighted by molar-refractivity contribution is -0.148. The van der Waals surface area contributed by atoms with Crippen LogP contribution in [0.5, 0.6) is 0 Å². The molecule has 0 unspecified atom stereocenters. The Morgan fingerprint density at radius 2 is 1.71 bits per heavy atom. The first-order chi connectivity index (χ1) is 11.6. The molecular formula is C20H20O4. The first-order valence-electron chi connectivity index (χ1n) is 8.45. The molecule has 24 heavy (non-hydrogen) atoms. The molecule has 0 heterocycles. The van der Waals surface area contributed by atoms with Gasteiger partial charge in [-0.2, -0.15) is 0 Å². The first kappa shape index (κ1) is 15.2. The zero-order chi connectivity index (χ0) is 16.8. The Balaban J connectivity index is 1.74. The molecule has 1 aromatic carbocycles. The van der Waals surface area contributed by atoms with Crippen LogP contribution in [-0.4, -0.2) is 24.6 Å². The van der Waals surface area contributed by atoms with E-state index in [1.54, 1.807) is 0 Å². The number of hydrogen-bond acceptors (Lipinski definition) is 4. The summed E-state index contributed by atoms with van der Waals surface area (Å²) >= 11 is 0. The summed E-state index contributed by atoms with van der Waals surface area (Å²) in [5.41, 5.74) is 2.89. The Kier molecular flexibility index (Phi) is 3.56. The molecule has 1 saturated carbocycles. The second-order valence-electron chi connectivity index (χ2n) is 6.58. The van der Waals surface area contributed by atoms with Gasteiger partial charge in [0, 0.05) is 36.2 Å². The average molecular weight is 324 g/mol. The number of hydrogen-bond donors (Lipinski definition) is 0. The van der Waals surface area contributed by atoms with Crippen LogP contribution in [0, 0.1) is 23.7 Å². The molecule has 5 atom stereocenters. The Bertz CT molecular complexity index is 746. The summed E-state index contributed by atoms with van der Waals surface area (Å²) in [5, 5.41) is 0. The van der Waals surface area contributed by atoms with E-state index in [4.69, 9.17) is 9.47 Å². The maximum absolute atomic E-state index is 12.5. The second-order valence-corrected chi connectivity index (χ2v) is 6.58. The minimum Gasteiger partial charge on any atom is -0.463 e. The summed E-state index contributed by atoms with van der Waals surface area (Å²) in [7, 11) is 0. The Hall–Kier alpha value is -2.36. The third-order valence-electron chi connectivity index (χ3n) is 5.37. The van der Waals surface area contributed by atoms with Crippen LogP contribution in [-0.2, 0) is 19.1 Å². The van der Waals surface area contributed by atoms with Crippen LogP contribution in [0.1, 0.15) is 19.4 Å². The van der Waals surface area contributed by atoms with Crippen molar-refractivity contribution in [2.24, 2.45) is 23.7 Å². The molecule has 1 fully saturated rings. The van der Waals surface area contributed by atoms with Crippen LogP contribution in [0.25, 0.3) is 5.57 Å². The van der Waals surface area contributed by atoms with Gasteiger partial charge in [-0.3, -0.25) is 4.79 Å². The number of rotatable bonds is 4. The lowest BCUT2D eigenvalue weighted by Gasteiger charge is -2.41. The lowest BCUT2D eigenvalue weighted by Crippen LogP contribution is -2.37. The molecular weight excluding hydrogens is 304 g/mol. The summed E-state index contributed by atoms with van der Waals surface area (Å²) in [6.07, 6.45) is 4.08. The highest BCUT2D eigenvalue weighted by atomic mass is 16.5. The minimum absolute atomic E-state index is 0.0794. The standard InChI is InChI=1S/C20H20O4/c1-3-23-20(22)18-15(12-7-5-4-6-8-12)16-13-9-10-14(17(16)18)19(13)24-11(2)21/h4-10,13-14,16-17,19H,3H2,1-2H3/t13-,14+,16+,17+,19+/m1/s1. The maximum atomic E-state index is 12.5. The second kappa shape index (κ2) is 5.62. The largest absolute Gasteiger partial charge is 0.463 e. The van der Waals surface area contributed by atoms with Gasteiger partial charge in [0.2, 0.25) is 0 Å². The minimum atomic E-state index is -0.265. The molecule has 124 valence electrons. The third kappa shape index (κ3) is 2.05. The number of carbonyl (C=O) groups excluding carboxylic acids is 2. The van der Waals surface area contributed by atoms with Crippen molar-refractivity contribution < 1.29 is 19.1 Å². The fourth-order valence-corrected chi connectivity index (χ4v) is 4.64. The van der Waals surface area contributed by atoms with Crippen molar-refractivity contribution in [1.82, 2.24) is 0 Å². The summed E-state index contributed by atoms with van der Waals surface area (Å²) < 4.78 is 10.9. The molecule has 4 rings (SSSR count). The van der Waals surface area contributed by atoms with Crippen LogP contribution >= 0.6 is 0 Å². The monoisotopic (exact) mass is 324 g/mol. The van der Waals surface area contributed by atoms with Crippen LogP contribution in [0.15, 0.2) is 48.1 Å². The van der Waals surface area contributed by atoms with Gasteiger partial charge in [0.15, 0.2) is 0 Å². The third-order valence-corrected chi connectivity index (χ3v) is 5.37. The molecule has 0 aromatic heterocycles. The van der Waals surface area contributed by atoms with Crippen molar-refractivity contribution in [3.8, 4) is 0 Å². The molecule has 1 aromatic rings. The zero-order valence-corrected chi connectivity index (χ0v) is 13.8. The molecule has 0 N–H and O–H groups in total. The van der Waals surface area contributed by atoms with E-state index in [9.17, 15) is 9.59 Å². The van der Waals surface area contributed by atoms with Crippen molar-refractivity contribution in [3.05, 3.63) is 53.6 Å². The molecule has 0 amide bonds. The topological polar surface area (TPSA) is 52.6 Å². The van der Waals surface area contributed by atoms with Gasteiger partial charge in [-0.15, -0.1) is 0 Å². The van der Waals surface area contributed by atoms with E-state index >= 15 is 0 Å². The molecule has 3 aliphatic carbocycles. The summed E-state index contributed by atoms with van der Waals surface area (Å²) in [4.78, 5) is 24.0. The fraction of sp³-hybridized carbons (Fsp3) is 0.400. The van der Waals surface area contributed by atoms with Crippen molar-refractivity contribution in [2.75, 3.05) is 6.61 Å². The molecule has 0 aliphatic heterocycles. The Morgan fingerprint density at radius 1 is 1.04 bits per heavy atom. The predicted molar refractivity (Wildman–Crippen MR) is 88.6 cm³/mol. The molecule has 4 heteroatoms. The van der Waals surface area contributed by atoms with E-state index < -0.39 is 0 Å². The normalized spacial score (nSPS) is 32.3. The molecule has 0 spiro atoms. The maximum Gasteiger partial charge on any atom is 0.334 e.